The van der Waals surface area contributed by atoms with Crippen molar-refractivity contribution < 1.29 is 14.3 Å². The van der Waals surface area contributed by atoms with Gasteiger partial charge in [0.15, 0.2) is 0 Å². The van der Waals surface area contributed by atoms with Crippen molar-refractivity contribution in [2.45, 2.75) is 12.5 Å². The van der Waals surface area contributed by atoms with Gasteiger partial charge < -0.3 is 10.1 Å². The minimum atomic E-state index is -0.470. The van der Waals surface area contributed by atoms with Gasteiger partial charge in [-0.25, -0.2) is 4.79 Å². The van der Waals surface area contributed by atoms with Crippen molar-refractivity contribution in [1.82, 2.24) is 5.32 Å². The Balaban J connectivity index is 2.58. The molecule has 4 heteroatoms. The lowest BCUT2D eigenvalue weighted by molar-refractivity contribution is -0.152. The quantitative estimate of drug-likeness (QED) is 0.366. The standard InChI is InChI=1S/C5H7NO3/c1-6-3-2-4(7)9-5(3)8/h3,6H,2H2,1H3. The van der Waals surface area contributed by atoms with Crippen molar-refractivity contribution in [3.8, 4) is 0 Å². The van der Waals surface area contributed by atoms with Gasteiger partial charge in [0.25, 0.3) is 0 Å². The molecule has 0 radical (unpaired) electrons. The van der Waals surface area contributed by atoms with Crippen LogP contribution in [-0.4, -0.2) is 25.0 Å². The van der Waals surface area contributed by atoms with Crippen LogP contribution >= 0.6 is 0 Å². The first kappa shape index (κ1) is 6.22. The van der Waals surface area contributed by atoms with Gasteiger partial charge in [-0.1, -0.05) is 0 Å². The van der Waals surface area contributed by atoms with Crippen LogP contribution in [0.4, 0.5) is 0 Å². The lowest BCUT2D eigenvalue weighted by Gasteiger charge is -1.97. The highest BCUT2D eigenvalue weighted by Gasteiger charge is 2.31. The van der Waals surface area contributed by atoms with Gasteiger partial charge >= 0.3 is 11.9 Å². The molecule has 0 saturated carbocycles. The molecule has 50 valence electrons. The molecule has 1 aliphatic rings. The van der Waals surface area contributed by atoms with E-state index >= 15 is 0 Å². The molecule has 1 atom stereocenters. The van der Waals surface area contributed by atoms with E-state index < -0.39 is 18.0 Å². The predicted molar refractivity (Wildman–Crippen MR) is 28.6 cm³/mol. The second kappa shape index (κ2) is 2.14. The van der Waals surface area contributed by atoms with Crippen molar-refractivity contribution in [2.24, 2.45) is 0 Å². The average Bonchev–Trinajstić information content (AvgIpc) is 2.10. The number of hydrogen-bond donors (Lipinski definition) is 1. The molecule has 1 unspecified atom stereocenters. The molecule has 0 aromatic carbocycles. The molecule has 1 heterocycles. The fraction of sp³-hybridized carbons (Fsp3) is 0.600. The number of cyclic esters (lactones) is 2. The second-order valence-corrected chi connectivity index (χ2v) is 1.84. The summed E-state index contributed by atoms with van der Waals surface area (Å²) in [5.41, 5.74) is 0. The van der Waals surface area contributed by atoms with Crippen LogP contribution in [0.25, 0.3) is 0 Å². The molecule has 0 amide bonds. The van der Waals surface area contributed by atoms with E-state index in [9.17, 15) is 9.59 Å². The topological polar surface area (TPSA) is 55.4 Å². The maximum absolute atomic E-state index is 10.5. The van der Waals surface area contributed by atoms with E-state index in [1.807, 2.05) is 0 Å². The highest BCUT2D eigenvalue weighted by Crippen LogP contribution is 2.05. The Morgan fingerprint density at radius 1 is 1.67 bits per heavy atom. The molecule has 1 fully saturated rings. The molecular weight excluding hydrogens is 122 g/mol. The summed E-state index contributed by atoms with van der Waals surface area (Å²) in [6.07, 6.45) is 0.162. The van der Waals surface area contributed by atoms with Crippen LogP contribution in [0.5, 0.6) is 0 Å². The number of rotatable bonds is 1. The lowest BCUT2D eigenvalue weighted by atomic mass is 10.2. The SMILES string of the molecule is CNC1CC(=O)OC1=O. The summed E-state index contributed by atoms with van der Waals surface area (Å²) in [7, 11) is 1.62. The molecule has 0 aromatic rings. The van der Waals surface area contributed by atoms with Crippen molar-refractivity contribution in [1.29, 1.82) is 0 Å². The normalized spacial score (nSPS) is 26.6. The molecule has 0 spiro atoms. The molecule has 1 N–H and O–H groups in total. The predicted octanol–water partition coefficient (Wildman–Crippen LogP) is -0.952. The Hall–Kier alpha value is -0.900. The van der Waals surface area contributed by atoms with E-state index in [0.717, 1.165) is 0 Å². The van der Waals surface area contributed by atoms with Gasteiger partial charge in [-0.05, 0) is 7.05 Å². The number of carbonyl (C=O) groups excluding carboxylic acids is 2. The van der Waals surface area contributed by atoms with Crippen LogP contribution in [0.15, 0.2) is 0 Å². The van der Waals surface area contributed by atoms with E-state index in [1.54, 1.807) is 7.05 Å². The van der Waals surface area contributed by atoms with Crippen molar-refractivity contribution in [3.05, 3.63) is 0 Å². The third kappa shape index (κ3) is 1.08. The van der Waals surface area contributed by atoms with Gasteiger partial charge in [0, 0.05) is 0 Å². The number of likely N-dealkylation sites (N-methyl/N-ethyl adjacent to an activating group) is 1. The molecule has 1 saturated heterocycles. The van der Waals surface area contributed by atoms with Crippen LogP contribution in [0.2, 0.25) is 0 Å². The maximum Gasteiger partial charge on any atom is 0.331 e. The smallest absolute Gasteiger partial charge is 0.331 e. The minimum Gasteiger partial charge on any atom is -0.392 e. The number of carbonyl (C=O) groups is 2. The maximum atomic E-state index is 10.5. The highest BCUT2D eigenvalue weighted by atomic mass is 16.6. The Morgan fingerprint density at radius 2 is 2.33 bits per heavy atom. The van der Waals surface area contributed by atoms with E-state index in [-0.39, 0.29) is 6.42 Å². The molecule has 0 aliphatic carbocycles. The zero-order chi connectivity index (χ0) is 6.85. The first-order chi connectivity index (χ1) is 4.24. The summed E-state index contributed by atoms with van der Waals surface area (Å²) in [4.78, 5) is 20.8. The second-order valence-electron chi connectivity index (χ2n) is 1.84. The Morgan fingerprint density at radius 3 is 2.56 bits per heavy atom. The molecular formula is C5H7NO3. The summed E-state index contributed by atoms with van der Waals surface area (Å²) < 4.78 is 4.22. The number of ether oxygens (including phenoxy) is 1. The minimum absolute atomic E-state index is 0.162. The molecule has 9 heavy (non-hydrogen) atoms. The lowest BCUT2D eigenvalue weighted by Crippen LogP contribution is -2.29. The van der Waals surface area contributed by atoms with Crippen LogP contribution in [0, 0.1) is 0 Å². The van der Waals surface area contributed by atoms with Crippen LogP contribution in [0.3, 0.4) is 0 Å². The van der Waals surface area contributed by atoms with Crippen molar-refractivity contribution in [3.63, 3.8) is 0 Å². The molecule has 0 aromatic heterocycles. The van der Waals surface area contributed by atoms with Crippen molar-refractivity contribution in [2.75, 3.05) is 7.05 Å². The van der Waals surface area contributed by atoms with Crippen molar-refractivity contribution >= 4 is 11.9 Å². The monoisotopic (exact) mass is 129 g/mol. The highest BCUT2D eigenvalue weighted by molar-refractivity contribution is 5.96. The van der Waals surface area contributed by atoms with Gasteiger partial charge in [0.05, 0.1) is 6.42 Å². The first-order valence-corrected chi connectivity index (χ1v) is 2.66. The fourth-order valence-electron chi connectivity index (χ4n) is 0.695. The Bertz CT molecular complexity index is 154. The molecule has 4 nitrogen and oxygen atoms in total. The summed E-state index contributed by atoms with van der Waals surface area (Å²) in [6, 6.07) is -0.419. The fourth-order valence-corrected chi connectivity index (χ4v) is 0.695. The van der Waals surface area contributed by atoms with E-state index in [0.29, 0.717) is 0 Å². The van der Waals surface area contributed by atoms with Gasteiger partial charge in [-0.3, -0.25) is 4.79 Å². The van der Waals surface area contributed by atoms with Gasteiger partial charge in [-0.15, -0.1) is 0 Å². The van der Waals surface area contributed by atoms with Gasteiger partial charge in [0.2, 0.25) is 0 Å². The third-order valence-corrected chi connectivity index (χ3v) is 1.22. The first-order valence-electron chi connectivity index (χ1n) is 2.66. The van der Waals surface area contributed by atoms with E-state index in [4.69, 9.17) is 0 Å². The third-order valence-electron chi connectivity index (χ3n) is 1.22. The summed E-state index contributed by atoms with van der Waals surface area (Å²) >= 11 is 0. The summed E-state index contributed by atoms with van der Waals surface area (Å²) in [5.74, 6) is -0.915. The van der Waals surface area contributed by atoms with E-state index in [2.05, 4.69) is 10.1 Å². The molecule has 0 bridgehead atoms. The molecule has 1 rings (SSSR count). The largest absolute Gasteiger partial charge is 0.392 e. The number of hydrogen-bond acceptors (Lipinski definition) is 4. The Kier molecular flexibility index (Phi) is 1.48. The average molecular weight is 129 g/mol. The summed E-state index contributed by atoms with van der Waals surface area (Å²) in [5, 5.41) is 2.65. The van der Waals surface area contributed by atoms with Gasteiger partial charge in [0.1, 0.15) is 6.04 Å². The van der Waals surface area contributed by atoms with Crippen LogP contribution < -0.4 is 5.32 Å². The zero-order valence-corrected chi connectivity index (χ0v) is 5.01. The number of nitrogens with one attached hydrogen (secondary N) is 1. The van der Waals surface area contributed by atoms with Crippen LogP contribution in [-0.2, 0) is 14.3 Å². The number of esters is 2. The molecule has 1 aliphatic heterocycles. The Labute approximate surface area is 52.2 Å². The zero-order valence-electron chi connectivity index (χ0n) is 5.01. The van der Waals surface area contributed by atoms with E-state index in [1.165, 1.54) is 0 Å². The van der Waals surface area contributed by atoms with Gasteiger partial charge in [-0.2, -0.15) is 0 Å². The van der Waals surface area contributed by atoms with Crippen LogP contribution in [0.1, 0.15) is 6.42 Å². The summed E-state index contributed by atoms with van der Waals surface area (Å²) in [6.45, 7) is 0.